The molecule has 0 aromatic heterocycles. The molecule has 0 atom stereocenters. The predicted molar refractivity (Wildman–Crippen MR) is 212 cm³/mol. The van der Waals surface area contributed by atoms with Crippen LogP contribution in [0.1, 0.15) is 81.8 Å². The lowest BCUT2D eigenvalue weighted by Crippen LogP contribution is -2.24. The smallest absolute Gasteiger partial charge is 0.193 e. The molecule has 7 aromatic rings. The number of carbonyl (C=O) groups excluding carboxylic acids is 2. The van der Waals surface area contributed by atoms with E-state index in [2.05, 4.69) is 88.4 Å². The molecule has 0 radical (unpaired) electrons. The van der Waals surface area contributed by atoms with Crippen LogP contribution in [0.5, 0.6) is 0 Å². The summed E-state index contributed by atoms with van der Waals surface area (Å²) in [4.78, 5) is 28.5. The summed E-state index contributed by atoms with van der Waals surface area (Å²) >= 11 is 0. The number of hydrogen-bond donors (Lipinski definition) is 0. The largest absolute Gasteiger partial charge is 0.289 e. The van der Waals surface area contributed by atoms with Gasteiger partial charge in [-0.05, 0) is 78.9 Å². The maximum atomic E-state index is 14.2. The number of rotatable bonds is 6. The Labute approximate surface area is 305 Å². The molecule has 0 amide bonds. The third-order valence-corrected chi connectivity index (χ3v) is 11.5. The topological polar surface area (TPSA) is 34.1 Å². The van der Waals surface area contributed by atoms with Gasteiger partial charge < -0.3 is 0 Å². The molecule has 0 unspecified atom stereocenters. The Bertz CT molecular complexity index is 2410. The average Bonchev–Trinajstić information content (AvgIpc) is 3.56. The van der Waals surface area contributed by atoms with Gasteiger partial charge in [-0.25, -0.2) is 0 Å². The molecule has 2 aliphatic rings. The van der Waals surface area contributed by atoms with Crippen LogP contribution in [0.25, 0.3) is 44.5 Å². The first-order chi connectivity index (χ1) is 25.2. The summed E-state index contributed by atoms with van der Waals surface area (Å²) in [7, 11) is 0. The van der Waals surface area contributed by atoms with E-state index in [9.17, 15) is 9.59 Å². The number of ketones is 2. The zero-order chi connectivity index (χ0) is 35.8. The van der Waals surface area contributed by atoms with Crippen molar-refractivity contribution in [2.45, 2.75) is 38.5 Å². The van der Waals surface area contributed by atoms with Gasteiger partial charge in [-0.1, -0.05) is 173 Å². The number of carbonyl (C=O) groups is 2. The molecule has 0 fully saturated rings. The Balaban J connectivity index is 1.10. The van der Waals surface area contributed by atoms with Crippen LogP contribution >= 0.6 is 0 Å². The lowest BCUT2D eigenvalue weighted by atomic mass is 9.72. The highest BCUT2D eigenvalue weighted by molar-refractivity contribution is 6.14. The molecule has 250 valence electrons. The zero-order valence-corrected chi connectivity index (χ0v) is 29.8. The number of fused-ring (bicyclic) bond motifs is 7. The fraction of sp³-hybridized carbons (Fsp3) is 0.120. The van der Waals surface area contributed by atoms with Crippen molar-refractivity contribution < 1.29 is 9.59 Å². The quantitative estimate of drug-likeness (QED) is 0.165. The van der Waals surface area contributed by atoms with E-state index in [-0.39, 0.29) is 22.4 Å². The second-order valence-corrected chi connectivity index (χ2v) is 15.2. The van der Waals surface area contributed by atoms with Gasteiger partial charge in [0.25, 0.3) is 0 Å². The van der Waals surface area contributed by atoms with E-state index in [0.717, 1.165) is 22.3 Å². The minimum Gasteiger partial charge on any atom is -0.289 e. The molecule has 0 saturated heterocycles. The molecule has 52 heavy (non-hydrogen) atoms. The van der Waals surface area contributed by atoms with Gasteiger partial charge in [-0.3, -0.25) is 9.59 Å². The van der Waals surface area contributed by atoms with Crippen LogP contribution in [0.15, 0.2) is 158 Å². The van der Waals surface area contributed by atoms with Gasteiger partial charge in [0.05, 0.1) is 0 Å². The Morgan fingerprint density at radius 2 is 0.712 bits per heavy atom. The summed E-state index contributed by atoms with van der Waals surface area (Å²) in [6.07, 6.45) is 0. The first kappa shape index (κ1) is 31.8. The van der Waals surface area contributed by atoms with E-state index >= 15 is 0 Å². The monoisotopic (exact) mass is 670 g/mol. The van der Waals surface area contributed by atoms with Gasteiger partial charge in [0, 0.05) is 33.1 Å². The molecule has 0 saturated carbocycles. The Morgan fingerprint density at radius 3 is 1.12 bits per heavy atom. The van der Waals surface area contributed by atoms with Crippen molar-refractivity contribution in [3.05, 3.63) is 202 Å². The maximum absolute atomic E-state index is 14.2. The standard InChI is InChI=1S/C50H38O2/c1-49(2)43-29-33(47(51)41-21-13-11-19-35(41)31-15-7-5-8-16-31)23-25-37(43)39-27-28-40-38-26-24-34(30-44(38)50(3,4)46(40)45(39)49)48(52)42-22-14-12-20-36(42)32-17-9-6-10-18-32/h5-30H,1-4H3. The summed E-state index contributed by atoms with van der Waals surface area (Å²) in [5.74, 6) is 0.0519. The molecule has 0 bridgehead atoms. The number of hydrogen-bond acceptors (Lipinski definition) is 2. The van der Waals surface area contributed by atoms with E-state index in [4.69, 9.17) is 0 Å². The van der Waals surface area contributed by atoms with E-state index < -0.39 is 0 Å². The van der Waals surface area contributed by atoms with Crippen LogP contribution in [-0.2, 0) is 10.8 Å². The summed E-state index contributed by atoms with van der Waals surface area (Å²) in [5, 5.41) is 0. The Morgan fingerprint density at radius 1 is 0.365 bits per heavy atom. The van der Waals surface area contributed by atoms with Crippen LogP contribution < -0.4 is 0 Å². The van der Waals surface area contributed by atoms with Crippen molar-refractivity contribution in [1.29, 1.82) is 0 Å². The Kier molecular flexibility index (Phi) is 7.17. The minimum absolute atomic E-state index is 0.0259. The van der Waals surface area contributed by atoms with E-state index in [1.807, 2.05) is 97.1 Å². The van der Waals surface area contributed by atoms with Crippen molar-refractivity contribution in [3.63, 3.8) is 0 Å². The van der Waals surface area contributed by atoms with Gasteiger partial charge in [-0.15, -0.1) is 0 Å². The zero-order valence-electron chi connectivity index (χ0n) is 29.8. The van der Waals surface area contributed by atoms with Gasteiger partial charge in [0.1, 0.15) is 0 Å². The fourth-order valence-electron chi connectivity index (χ4n) is 8.91. The van der Waals surface area contributed by atoms with Crippen molar-refractivity contribution >= 4 is 11.6 Å². The average molecular weight is 671 g/mol. The van der Waals surface area contributed by atoms with Crippen molar-refractivity contribution in [3.8, 4) is 44.5 Å². The fourth-order valence-corrected chi connectivity index (χ4v) is 8.91. The minimum atomic E-state index is -0.349. The molecule has 0 N–H and O–H groups in total. The van der Waals surface area contributed by atoms with Gasteiger partial charge in [0.15, 0.2) is 11.6 Å². The van der Waals surface area contributed by atoms with E-state index in [1.165, 1.54) is 44.5 Å². The lowest BCUT2D eigenvalue weighted by Gasteiger charge is -2.31. The molecular formula is C50H38O2. The van der Waals surface area contributed by atoms with Crippen molar-refractivity contribution in [2.24, 2.45) is 0 Å². The second-order valence-electron chi connectivity index (χ2n) is 15.2. The molecule has 0 spiro atoms. The van der Waals surface area contributed by atoms with Crippen LogP contribution in [-0.4, -0.2) is 11.6 Å². The molecular weight excluding hydrogens is 633 g/mol. The molecule has 2 nitrogen and oxygen atoms in total. The Hall–Kier alpha value is -6.12. The summed E-state index contributed by atoms with van der Waals surface area (Å²) < 4.78 is 0. The summed E-state index contributed by atoms with van der Waals surface area (Å²) in [6.45, 7) is 9.16. The van der Waals surface area contributed by atoms with Crippen LogP contribution in [0.2, 0.25) is 0 Å². The van der Waals surface area contributed by atoms with Crippen LogP contribution in [0, 0.1) is 0 Å². The molecule has 2 heteroatoms. The van der Waals surface area contributed by atoms with Gasteiger partial charge in [0.2, 0.25) is 0 Å². The van der Waals surface area contributed by atoms with Gasteiger partial charge in [-0.2, -0.15) is 0 Å². The first-order valence-corrected chi connectivity index (χ1v) is 18.0. The SMILES string of the molecule is CC1(C)c2cc(C(=O)c3ccccc3-c3ccccc3)ccc2-c2ccc3c(c21)C(C)(C)c1cc(C(=O)c2ccccc2-c2ccccc2)ccc1-3. The second kappa shape index (κ2) is 11.7. The molecule has 9 rings (SSSR count). The molecule has 2 aliphatic carbocycles. The van der Waals surface area contributed by atoms with E-state index in [1.54, 1.807) is 0 Å². The van der Waals surface area contributed by atoms with Gasteiger partial charge >= 0.3 is 0 Å². The van der Waals surface area contributed by atoms with E-state index in [0.29, 0.717) is 22.3 Å². The normalized spacial score (nSPS) is 14.2. The third kappa shape index (κ3) is 4.71. The first-order valence-electron chi connectivity index (χ1n) is 18.0. The van der Waals surface area contributed by atoms with Crippen LogP contribution in [0.3, 0.4) is 0 Å². The molecule has 7 aromatic carbocycles. The highest BCUT2D eigenvalue weighted by Crippen LogP contribution is 2.59. The highest BCUT2D eigenvalue weighted by atomic mass is 16.1. The highest BCUT2D eigenvalue weighted by Gasteiger charge is 2.46. The lowest BCUT2D eigenvalue weighted by molar-refractivity contribution is 0.103. The molecule has 0 aliphatic heterocycles. The maximum Gasteiger partial charge on any atom is 0.193 e. The predicted octanol–water partition coefficient (Wildman–Crippen LogP) is 12.1. The third-order valence-electron chi connectivity index (χ3n) is 11.5. The summed E-state index contributed by atoms with van der Waals surface area (Å²) in [5.41, 5.74) is 15.8. The van der Waals surface area contributed by atoms with Crippen molar-refractivity contribution in [2.75, 3.05) is 0 Å². The molecule has 0 heterocycles. The summed E-state index contributed by atoms with van der Waals surface area (Å²) in [6, 6.07) is 53.1. The van der Waals surface area contributed by atoms with Crippen LogP contribution in [0.4, 0.5) is 0 Å². The van der Waals surface area contributed by atoms with Crippen molar-refractivity contribution in [1.82, 2.24) is 0 Å². The number of benzene rings is 7.